The van der Waals surface area contributed by atoms with Gasteiger partial charge in [0.1, 0.15) is 11.6 Å². The van der Waals surface area contributed by atoms with E-state index < -0.39 is 11.6 Å². The van der Waals surface area contributed by atoms with Gasteiger partial charge in [-0.15, -0.1) is 11.8 Å². The van der Waals surface area contributed by atoms with E-state index in [2.05, 4.69) is 0 Å². The molecule has 0 radical (unpaired) electrons. The molecule has 1 aromatic carbocycles. The van der Waals surface area contributed by atoms with Crippen molar-refractivity contribution >= 4 is 11.8 Å². The Kier molecular flexibility index (Phi) is 3.05. The first kappa shape index (κ1) is 9.48. The number of nitrogens with two attached hydrogens (primary N) is 1. The van der Waals surface area contributed by atoms with Crippen molar-refractivity contribution in [1.29, 1.82) is 0 Å². The lowest BCUT2D eigenvalue weighted by molar-refractivity contribution is 0.551. The minimum atomic E-state index is -0.568. The first-order valence-corrected chi connectivity index (χ1v) is 4.63. The molecule has 0 fully saturated rings. The molecule has 0 aliphatic rings. The Morgan fingerprint density at radius 2 is 1.83 bits per heavy atom. The summed E-state index contributed by atoms with van der Waals surface area (Å²) in [5, 5.41) is 0. The second-order valence-electron chi connectivity index (χ2n) is 2.27. The Morgan fingerprint density at radius 3 is 2.17 bits per heavy atom. The Bertz CT molecular complexity index is 265. The van der Waals surface area contributed by atoms with Crippen molar-refractivity contribution in [2.75, 3.05) is 6.26 Å². The van der Waals surface area contributed by atoms with Crippen molar-refractivity contribution in [3.8, 4) is 0 Å². The summed E-state index contributed by atoms with van der Waals surface area (Å²) in [6, 6.07) is 2.58. The van der Waals surface area contributed by atoms with E-state index in [1.807, 2.05) is 0 Å². The van der Waals surface area contributed by atoms with Gasteiger partial charge in [0.05, 0.1) is 0 Å². The maximum absolute atomic E-state index is 13.0. The summed E-state index contributed by atoms with van der Waals surface area (Å²) in [6.07, 6.45) is 1.76. The molecule has 66 valence electrons. The topological polar surface area (TPSA) is 26.0 Å². The second-order valence-corrected chi connectivity index (χ2v) is 3.15. The molecule has 4 heteroatoms. The lowest BCUT2D eigenvalue weighted by atomic mass is 10.2. The number of hydrogen-bond donors (Lipinski definition) is 1. The fourth-order valence-corrected chi connectivity index (χ4v) is 1.34. The Morgan fingerprint density at radius 1 is 1.33 bits per heavy atom. The standard InChI is InChI=1S/C8H9F2NS/c1-12-5-2-7(9)6(4-11)8(10)3-5/h2-3H,4,11H2,1H3. The zero-order chi connectivity index (χ0) is 9.14. The van der Waals surface area contributed by atoms with E-state index in [4.69, 9.17) is 5.73 Å². The van der Waals surface area contributed by atoms with Gasteiger partial charge in [-0.1, -0.05) is 0 Å². The van der Waals surface area contributed by atoms with Gasteiger partial charge in [0.25, 0.3) is 0 Å². The predicted octanol–water partition coefficient (Wildman–Crippen LogP) is 2.15. The van der Waals surface area contributed by atoms with E-state index in [1.54, 1.807) is 6.26 Å². The lowest BCUT2D eigenvalue weighted by Crippen LogP contribution is -2.03. The monoisotopic (exact) mass is 189 g/mol. The number of halogens is 2. The van der Waals surface area contributed by atoms with Crippen LogP contribution in [-0.4, -0.2) is 6.26 Å². The average molecular weight is 189 g/mol. The minimum absolute atomic E-state index is 0.0483. The largest absolute Gasteiger partial charge is 0.326 e. The molecule has 12 heavy (non-hydrogen) atoms. The van der Waals surface area contributed by atoms with Crippen LogP contribution in [-0.2, 0) is 6.54 Å². The predicted molar refractivity (Wildman–Crippen MR) is 46.0 cm³/mol. The van der Waals surface area contributed by atoms with Crippen LogP contribution in [0.5, 0.6) is 0 Å². The average Bonchev–Trinajstić information content (AvgIpc) is 2.03. The third-order valence-electron chi connectivity index (χ3n) is 1.55. The van der Waals surface area contributed by atoms with Crippen LogP contribution in [0.3, 0.4) is 0 Å². The zero-order valence-electron chi connectivity index (χ0n) is 6.60. The van der Waals surface area contributed by atoms with Gasteiger partial charge in [-0.25, -0.2) is 8.78 Å². The first-order chi connectivity index (χ1) is 5.69. The summed E-state index contributed by atoms with van der Waals surface area (Å²) in [5.41, 5.74) is 5.11. The molecule has 0 saturated heterocycles. The highest BCUT2D eigenvalue weighted by Crippen LogP contribution is 2.21. The van der Waals surface area contributed by atoms with Gasteiger partial charge in [0, 0.05) is 17.0 Å². The van der Waals surface area contributed by atoms with Crippen molar-refractivity contribution in [3.05, 3.63) is 29.3 Å². The van der Waals surface area contributed by atoms with Crippen LogP contribution < -0.4 is 5.73 Å². The molecular weight excluding hydrogens is 180 g/mol. The van der Waals surface area contributed by atoms with Crippen molar-refractivity contribution in [2.45, 2.75) is 11.4 Å². The summed E-state index contributed by atoms with van der Waals surface area (Å²) in [7, 11) is 0. The van der Waals surface area contributed by atoms with Gasteiger partial charge < -0.3 is 5.73 Å². The highest BCUT2D eigenvalue weighted by Gasteiger charge is 2.08. The van der Waals surface area contributed by atoms with E-state index in [0.29, 0.717) is 4.90 Å². The van der Waals surface area contributed by atoms with Crippen LogP contribution in [0.4, 0.5) is 8.78 Å². The quantitative estimate of drug-likeness (QED) is 0.721. The third-order valence-corrected chi connectivity index (χ3v) is 2.26. The molecule has 0 aromatic heterocycles. The summed E-state index contributed by atoms with van der Waals surface area (Å²) >= 11 is 1.30. The van der Waals surface area contributed by atoms with Gasteiger partial charge in [0.15, 0.2) is 0 Å². The van der Waals surface area contributed by atoms with E-state index in [0.717, 1.165) is 0 Å². The highest BCUT2D eigenvalue weighted by atomic mass is 32.2. The molecular formula is C8H9F2NS. The molecule has 0 atom stereocenters. The molecule has 1 nitrogen and oxygen atoms in total. The van der Waals surface area contributed by atoms with Gasteiger partial charge >= 0.3 is 0 Å². The molecule has 0 bridgehead atoms. The lowest BCUT2D eigenvalue weighted by Gasteiger charge is -2.03. The maximum atomic E-state index is 13.0. The van der Waals surface area contributed by atoms with Crippen molar-refractivity contribution in [2.24, 2.45) is 5.73 Å². The summed E-state index contributed by atoms with van der Waals surface area (Å²) in [5.74, 6) is -1.14. The van der Waals surface area contributed by atoms with Gasteiger partial charge in [-0.05, 0) is 18.4 Å². The van der Waals surface area contributed by atoms with Crippen molar-refractivity contribution < 1.29 is 8.78 Å². The fourth-order valence-electron chi connectivity index (χ4n) is 0.893. The van der Waals surface area contributed by atoms with Gasteiger partial charge in [0.2, 0.25) is 0 Å². The molecule has 0 unspecified atom stereocenters. The SMILES string of the molecule is CSc1cc(F)c(CN)c(F)c1. The number of rotatable bonds is 2. The molecule has 0 heterocycles. The van der Waals surface area contributed by atoms with Crippen LogP contribution in [0.25, 0.3) is 0 Å². The molecule has 0 spiro atoms. The Labute approximate surface area is 74.0 Å². The molecule has 0 aliphatic heterocycles. The van der Waals surface area contributed by atoms with Crippen LogP contribution in [0, 0.1) is 11.6 Å². The van der Waals surface area contributed by atoms with Crippen LogP contribution in [0.2, 0.25) is 0 Å². The minimum Gasteiger partial charge on any atom is -0.326 e. The van der Waals surface area contributed by atoms with Gasteiger partial charge in [-0.2, -0.15) is 0 Å². The molecule has 1 rings (SSSR count). The first-order valence-electron chi connectivity index (χ1n) is 3.41. The van der Waals surface area contributed by atoms with Crippen molar-refractivity contribution in [3.63, 3.8) is 0 Å². The normalized spacial score (nSPS) is 10.3. The smallest absolute Gasteiger partial charge is 0.131 e. The summed E-state index contributed by atoms with van der Waals surface area (Å²) in [6.45, 7) is -0.105. The zero-order valence-corrected chi connectivity index (χ0v) is 7.42. The molecule has 0 saturated carbocycles. The number of hydrogen-bond acceptors (Lipinski definition) is 2. The molecule has 1 aromatic rings. The summed E-state index contributed by atoms with van der Waals surface area (Å²) in [4.78, 5) is 0.571. The second kappa shape index (κ2) is 3.87. The number of thioether (sulfide) groups is 1. The van der Waals surface area contributed by atoms with Crippen LogP contribution in [0.15, 0.2) is 17.0 Å². The third kappa shape index (κ3) is 1.76. The Hall–Kier alpha value is -0.610. The number of benzene rings is 1. The van der Waals surface area contributed by atoms with E-state index in [1.165, 1.54) is 23.9 Å². The molecule has 0 aliphatic carbocycles. The Balaban J connectivity index is 3.18. The van der Waals surface area contributed by atoms with Crippen LogP contribution in [0.1, 0.15) is 5.56 Å². The van der Waals surface area contributed by atoms with Gasteiger partial charge in [-0.3, -0.25) is 0 Å². The van der Waals surface area contributed by atoms with Crippen molar-refractivity contribution in [1.82, 2.24) is 0 Å². The molecule has 2 N–H and O–H groups in total. The van der Waals surface area contributed by atoms with E-state index >= 15 is 0 Å². The molecule has 0 amide bonds. The fraction of sp³-hybridized carbons (Fsp3) is 0.250. The van der Waals surface area contributed by atoms with E-state index in [9.17, 15) is 8.78 Å². The maximum Gasteiger partial charge on any atom is 0.131 e. The van der Waals surface area contributed by atoms with Crippen LogP contribution >= 0.6 is 11.8 Å². The van der Waals surface area contributed by atoms with E-state index in [-0.39, 0.29) is 12.1 Å². The highest BCUT2D eigenvalue weighted by molar-refractivity contribution is 7.98. The summed E-state index contributed by atoms with van der Waals surface area (Å²) < 4.78 is 25.9.